The van der Waals surface area contributed by atoms with Gasteiger partial charge in [0.05, 0.1) is 12.1 Å². The first kappa shape index (κ1) is 23.9. The van der Waals surface area contributed by atoms with Crippen molar-refractivity contribution in [2.24, 2.45) is 11.1 Å². The summed E-state index contributed by atoms with van der Waals surface area (Å²) in [6, 6.07) is 7.81. The number of carbonyl (C=O) groups is 1. The van der Waals surface area contributed by atoms with Gasteiger partial charge in [-0.25, -0.2) is 4.98 Å². The zero-order chi connectivity index (χ0) is 17.9. The summed E-state index contributed by atoms with van der Waals surface area (Å²) in [7, 11) is 0. The summed E-state index contributed by atoms with van der Waals surface area (Å²) in [4.78, 5) is 19.2. The normalized spacial score (nSPS) is 19.2. The Morgan fingerprint density at radius 3 is 2.67 bits per heavy atom. The number of nitrogens with two attached hydrogens (primary N) is 1. The molecule has 1 aliphatic rings. The van der Waals surface area contributed by atoms with Crippen molar-refractivity contribution in [1.29, 1.82) is 0 Å². The predicted octanol–water partition coefficient (Wildman–Crippen LogP) is 3.65. The largest absolute Gasteiger partial charge is 0.330 e. The lowest BCUT2D eigenvalue weighted by atomic mass is 9.90. The van der Waals surface area contributed by atoms with E-state index in [1.165, 1.54) is 5.56 Å². The summed E-state index contributed by atoms with van der Waals surface area (Å²) in [6.45, 7) is 7.92. The molecule has 0 radical (unpaired) electrons. The summed E-state index contributed by atoms with van der Waals surface area (Å²) in [5, 5.41) is 5.85. The number of thiazole rings is 1. The van der Waals surface area contributed by atoms with Gasteiger partial charge in [0.2, 0.25) is 5.91 Å². The predicted molar refractivity (Wildman–Crippen MR) is 117 cm³/mol. The summed E-state index contributed by atoms with van der Waals surface area (Å²) in [5.41, 5.74) is 9.14. The molecule has 8 heteroatoms. The summed E-state index contributed by atoms with van der Waals surface area (Å²) in [6.07, 6.45) is 1.46. The molecule has 3 N–H and O–H groups in total. The Labute approximate surface area is 177 Å². The van der Waals surface area contributed by atoms with E-state index in [2.05, 4.69) is 27.5 Å². The number of likely N-dealkylation sites (tertiary alicyclic amines) is 1. The Hall–Kier alpha value is -1.18. The highest BCUT2D eigenvalue weighted by molar-refractivity contribution is 7.09. The van der Waals surface area contributed by atoms with E-state index in [-0.39, 0.29) is 36.1 Å². The fourth-order valence-electron chi connectivity index (χ4n) is 3.14. The van der Waals surface area contributed by atoms with E-state index in [1.54, 1.807) is 11.3 Å². The Morgan fingerprint density at radius 1 is 1.33 bits per heavy atom. The van der Waals surface area contributed by atoms with Gasteiger partial charge in [-0.3, -0.25) is 9.69 Å². The van der Waals surface area contributed by atoms with E-state index in [4.69, 9.17) is 5.73 Å². The van der Waals surface area contributed by atoms with Gasteiger partial charge in [-0.15, -0.1) is 36.2 Å². The van der Waals surface area contributed by atoms with Crippen molar-refractivity contribution in [1.82, 2.24) is 9.88 Å². The number of benzene rings is 1. The minimum atomic E-state index is -0.0263. The van der Waals surface area contributed by atoms with Crippen LogP contribution in [0.2, 0.25) is 0 Å². The van der Waals surface area contributed by atoms with Crippen molar-refractivity contribution < 1.29 is 4.79 Å². The second kappa shape index (κ2) is 10.4. The molecule has 2 aromatic rings. The molecule has 0 spiro atoms. The number of amides is 1. The van der Waals surface area contributed by atoms with E-state index < -0.39 is 0 Å². The highest BCUT2D eigenvalue weighted by Gasteiger charge is 2.32. The number of rotatable bonds is 6. The van der Waals surface area contributed by atoms with Crippen LogP contribution in [0.4, 0.5) is 5.69 Å². The molecule has 0 saturated carbocycles. The maximum atomic E-state index is 12.2. The molecule has 150 valence electrons. The van der Waals surface area contributed by atoms with Crippen LogP contribution in [0, 0.1) is 12.3 Å². The second-order valence-corrected chi connectivity index (χ2v) is 8.24. The molecule has 5 nitrogen and oxygen atoms in total. The van der Waals surface area contributed by atoms with Crippen molar-refractivity contribution in [3.05, 3.63) is 45.9 Å². The van der Waals surface area contributed by atoms with Crippen LogP contribution in [0.3, 0.4) is 0 Å². The third kappa shape index (κ3) is 6.73. The molecule has 3 rings (SSSR count). The van der Waals surface area contributed by atoms with Crippen LogP contribution < -0.4 is 11.1 Å². The number of hydrogen-bond donors (Lipinski definition) is 2. The first-order valence-electron chi connectivity index (χ1n) is 8.68. The minimum absolute atomic E-state index is 0. The third-order valence-corrected chi connectivity index (χ3v) is 5.66. The van der Waals surface area contributed by atoms with Gasteiger partial charge in [-0.2, -0.15) is 0 Å². The summed E-state index contributed by atoms with van der Waals surface area (Å²) >= 11 is 1.56. The molecule has 1 saturated heterocycles. The zero-order valence-corrected chi connectivity index (χ0v) is 18.2. The van der Waals surface area contributed by atoms with Crippen molar-refractivity contribution in [3.8, 4) is 0 Å². The molecule has 1 amide bonds. The lowest BCUT2D eigenvalue weighted by Crippen LogP contribution is -2.31. The number of hydrogen-bond acceptors (Lipinski definition) is 5. The smallest absolute Gasteiger partial charge is 0.231 e. The van der Waals surface area contributed by atoms with Gasteiger partial charge in [-0.1, -0.05) is 24.6 Å². The first-order chi connectivity index (χ1) is 12.0. The molecule has 27 heavy (non-hydrogen) atoms. The summed E-state index contributed by atoms with van der Waals surface area (Å²) < 4.78 is 0. The molecule has 1 unspecified atom stereocenters. The van der Waals surface area contributed by atoms with Gasteiger partial charge in [0.25, 0.3) is 0 Å². The van der Waals surface area contributed by atoms with Crippen molar-refractivity contribution in [2.75, 3.05) is 25.0 Å². The van der Waals surface area contributed by atoms with Crippen LogP contribution >= 0.6 is 36.2 Å². The van der Waals surface area contributed by atoms with Crippen LogP contribution in [-0.4, -0.2) is 35.4 Å². The minimum Gasteiger partial charge on any atom is -0.330 e. The van der Waals surface area contributed by atoms with Crippen molar-refractivity contribution in [3.63, 3.8) is 0 Å². The first-order valence-corrected chi connectivity index (χ1v) is 9.56. The number of nitrogens with one attached hydrogen (secondary N) is 1. The van der Waals surface area contributed by atoms with E-state index in [1.807, 2.05) is 31.2 Å². The van der Waals surface area contributed by atoms with E-state index in [9.17, 15) is 4.79 Å². The fourth-order valence-corrected chi connectivity index (χ4v) is 3.92. The Balaban J connectivity index is 0.00000182. The lowest BCUT2D eigenvalue weighted by molar-refractivity contribution is -0.115. The average molecular weight is 431 g/mol. The Kier molecular flexibility index (Phi) is 9.18. The number of nitrogens with zero attached hydrogens (tertiary/aromatic N) is 2. The number of carbonyl (C=O) groups excluding carboxylic acids is 1. The quantitative estimate of drug-likeness (QED) is 0.733. The molecule has 1 aromatic heterocycles. The fraction of sp³-hybridized carbons (Fsp3) is 0.474. The molecule has 1 aromatic carbocycles. The number of halogens is 2. The SMILES string of the molecule is Cc1ccc(NC(=O)Cc2nc(CN3CCC(C)(CN)C3)cs2)cc1.Cl.Cl. The highest BCUT2D eigenvalue weighted by atomic mass is 35.5. The van der Waals surface area contributed by atoms with Gasteiger partial charge >= 0.3 is 0 Å². The standard InChI is InChI=1S/C19H26N4OS.2ClH/c1-14-3-5-15(6-4-14)21-17(24)9-18-22-16(11-25-18)10-23-8-7-19(2,12-20)13-23;;/h3-6,11H,7-10,12-13,20H2,1-2H3,(H,21,24);2*1H. The third-order valence-electron chi connectivity index (χ3n) is 4.76. The zero-order valence-electron chi connectivity index (χ0n) is 15.7. The van der Waals surface area contributed by atoms with Gasteiger partial charge < -0.3 is 11.1 Å². The second-order valence-electron chi connectivity index (χ2n) is 7.30. The van der Waals surface area contributed by atoms with Gasteiger partial charge in [0.1, 0.15) is 5.01 Å². The number of aryl methyl sites for hydroxylation is 1. The lowest BCUT2D eigenvalue weighted by Gasteiger charge is -2.22. The van der Waals surface area contributed by atoms with Gasteiger partial charge in [-0.05, 0) is 44.0 Å². The Bertz CT molecular complexity index is 738. The Morgan fingerprint density at radius 2 is 2.04 bits per heavy atom. The molecule has 1 atom stereocenters. The molecular weight excluding hydrogens is 403 g/mol. The van der Waals surface area contributed by atoms with Crippen LogP contribution in [0.1, 0.15) is 29.6 Å². The maximum absolute atomic E-state index is 12.2. The molecular formula is C19H28Cl2N4OS. The van der Waals surface area contributed by atoms with E-state index in [0.717, 1.165) is 49.0 Å². The van der Waals surface area contributed by atoms with Crippen LogP contribution in [-0.2, 0) is 17.8 Å². The van der Waals surface area contributed by atoms with Crippen molar-refractivity contribution >= 4 is 47.7 Å². The highest BCUT2D eigenvalue weighted by Crippen LogP contribution is 2.29. The van der Waals surface area contributed by atoms with E-state index in [0.29, 0.717) is 6.42 Å². The summed E-state index contributed by atoms with van der Waals surface area (Å²) in [5.74, 6) is -0.0263. The molecule has 2 heterocycles. The molecule has 0 aliphatic carbocycles. The number of aromatic nitrogens is 1. The maximum Gasteiger partial charge on any atom is 0.231 e. The number of anilines is 1. The van der Waals surface area contributed by atoms with Gasteiger partial charge in [0.15, 0.2) is 0 Å². The average Bonchev–Trinajstić information content (AvgIpc) is 3.17. The van der Waals surface area contributed by atoms with E-state index >= 15 is 0 Å². The van der Waals surface area contributed by atoms with Crippen molar-refractivity contribution in [2.45, 2.75) is 33.2 Å². The van der Waals surface area contributed by atoms with Crippen LogP contribution in [0.15, 0.2) is 29.6 Å². The molecule has 1 aliphatic heterocycles. The van der Waals surface area contributed by atoms with Crippen LogP contribution in [0.25, 0.3) is 0 Å². The topological polar surface area (TPSA) is 71.2 Å². The monoisotopic (exact) mass is 430 g/mol. The van der Waals surface area contributed by atoms with Crippen LogP contribution in [0.5, 0.6) is 0 Å². The molecule has 0 bridgehead atoms. The van der Waals surface area contributed by atoms with Gasteiger partial charge in [0, 0.05) is 24.2 Å². The molecule has 1 fully saturated rings.